The monoisotopic (exact) mass is 535 g/mol. The first-order valence-corrected chi connectivity index (χ1v) is 14.2. The molecule has 2 amide bonds. The fourth-order valence-electron chi connectivity index (χ4n) is 4.76. The predicted octanol–water partition coefficient (Wildman–Crippen LogP) is 3.40. The molecule has 0 saturated carbocycles. The van der Waals surface area contributed by atoms with Crippen LogP contribution in [0.3, 0.4) is 0 Å². The maximum Gasteiger partial charge on any atom is 0.320 e. The van der Waals surface area contributed by atoms with E-state index in [9.17, 15) is 18.0 Å². The zero-order valence-electron chi connectivity index (χ0n) is 19.7. The Bertz CT molecular complexity index is 1480. The number of sulfone groups is 1. The van der Waals surface area contributed by atoms with Gasteiger partial charge < -0.3 is 10.3 Å². The fourth-order valence-corrected chi connectivity index (χ4v) is 7.49. The summed E-state index contributed by atoms with van der Waals surface area (Å²) in [4.78, 5) is 31.1. The lowest BCUT2D eigenvalue weighted by atomic mass is 10.1. The highest BCUT2D eigenvalue weighted by Gasteiger charge is 2.45. The second-order valence-corrected chi connectivity index (χ2v) is 12.3. The van der Waals surface area contributed by atoms with Crippen LogP contribution in [0.1, 0.15) is 36.2 Å². The van der Waals surface area contributed by atoms with Gasteiger partial charge in [0.2, 0.25) is 5.00 Å². The predicted molar refractivity (Wildman–Crippen MR) is 139 cm³/mol. The van der Waals surface area contributed by atoms with Crippen LogP contribution in [-0.2, 0) is 21.7 Å². The smallest absolute Gasteiger partial charge is 0.320 e. The van der Waals surface area contributed by atoms with E-state index in [1.807, 2.05) is 0 Å². The zero-order valence-corrected chi connectivity index (χ0v) is 22.0. The van der Waals surface area contributed by atoms with Gasteiger partial charge in [-0.1, -0.05) is 23.7 Å². The highest BCUT2D eigenvalue weighted by atomic mass is 35.5. The summed E-state index contributed by atoms with van der Waals surface area (Å²) in [6.07, 6.45) is 2.40. The average Bonchev–Trinajstić information content (AvgIpc) is 3.19. The number of nitrogens with zero attached hydrogens (tertiary/aromatic N) is 3. The van der Waals surface area contributed by atoms with E-state index in [0.717, 1.165) is 30.0 Å². The summed E-state index contributed by atoms with van der Waals surface area (Å²) < 4.78 is 27.9. The van der Waals surface area contributed by atoms with Crippen molar-refractivity contribution in [3.8, 4) is 0 Å². The van der Waals surface area contributed by atoms with Gasteiger partial charge in [-0.25, -0.2) is 17.7 Å². The molecule has 0 unspecified atom stereocenters. The second kappa shape index (κ2) is 9.85. The highest BCUT2D eigenvalue weighted by molar-refractivity contribution is 7.91. The van der Waals surface area contributed by atoms with Gasteiger partial charge in [0.05, 0.1) is 30.2 Å². The lowest BCUT2D eigenvalue weighted by Crippen LogP contribution is -2.57. The molecule has 1 aliphatic heterocycles. The lowest BCUT2D eigenvalue weighted by Gasteiger charge is -2.37. The van der Waals surface area contributed by atoms with Crippen LogP contribution in [0, 0.1) is 0 Å². The Morgan fingerprint density at radius 2 is 1.77 bits per heavy atom. The van der Waals surface area contributed by atoms with E-state index in [1.54, 1.807) is 55.1 Å². The van der Waals surface area contributed by atoms with E-state index in [4.69, 9.17) is 17.3 Å². The number of quaternary nitrogens is 1. The summed E-state index contributed by atoms with van der Waals surface area (Å²) in [7, 11) is -0.397. The molecule has 0 atom stereocenters. The molecule has 0 aliphatic carbocycles. The van der Waals surface area contributed by atoms with E-state index in [1.165, 1.54) is 11.3 Å². The first-order valence-electron chi connectivity index (χ1n) is 11.3. The second-order valence-electron chi connectivity index (χ2n) is 8.78. The van der Waals surface area contributed by atoms with E-state index in [-0.39, 0.29) is 33.2 Å². The van der Waals surface area contributed by atoms with E-state index in [0.29, 0.717) is 27.9 Å². The van der Waals surface area contributed by atoms with Crippen molar-refractivity contribution in [3.05, 3.63) is 51.9 Å². The first-order chi connectivity index (χ1) is 16.6. The van der Waals surface area contributed by atoms with E-state index < -0.39 is 15.7 Å². The van der Waals surface area contributed by atoms with Gasteiger partial charge >= 0.3 is 5.91 Å². The van der Waals surface area contributed by atoms with Crippen LogP contribution in [-0.4, -0.2) is 50.7 Å². The molecule has 0 spiro atoms. The summed E-state index contributed by atoms with van der Waals surface area (Å²) in [6.45, 7) is 0.999. The molecule has 0 radical (unpaired) electrons. The number of primary amides is 1. The number of thiazole rings is 1. The Hall–Kier alpha value is -2.53. The van der Waals surface area contributed by atoms with Gasteiger partial charge in [-0.15, -0.1) is 0 Å². The van der Waals surface area contributed by atoms with Crippen LogP contribution >= 0.6 is 22.9 Å². The number of piperidine rings is 1. The number of aromatic nitrogens is 1. The molecule has 1 saturated heterocycles. The quantitative estimate of drug-likeness (QED) is 0.487. The van der Waals surface area contributed by atoms with Crippen LogP contribution < -0.4 is 15.0 Å². The third kappa shape index (κ3) is 4.80. The molecule has 2 N–H and O–H groups in total. The maximum atomic E-state index is 13.7. The van der Waals surface area contributed by atoms with Crippen molar-refractivity contribution in [2.45, 2.75) is 30.6 Å². The standard InChI is InChI=1S/C24H27ClN4O4S2/c1-27-24-28(2)21(22(26)31)23(34-24)29(11-4-3-5-12-29)20(30)10-13-35(32,33)19-9-7-16-14-18(25)8-6-17(16)15-19/h6-9,14-15H,3-5,10-13H2,1-2H3,(H-,26,31)/p+1/b27-24-. The molecule has 2 heterocycles. The van der Waals surface area contributed by atoms with Crippen molar-refractivity contribution < 1.29 is 18.0 Å². The summed E-state index contributed by atoms with van der Waals surface area (Å²) in [6, 6.07) is 10.1. The Kier molecular flexibility index (Phi) is 7.19. The number of likely N-dealkylation sites (tertiary alicyclic amines) is 1. The van der Waals surface area contributed by atoms with Crippen molar-refractivity contribution in [2.24, 2.45) is 17.8 Å². The first kappa shape index (κ1) is 25.6. The minimum absolute atomic E-state index is 0.0714. The molecule has 8 nitrogen and oxygen atoms in total. The molecular weight excluding hydrogens is 508 g/mol. The van der Waals surface area contributed by atoms with Gasteiger partial charge in [0.1, 0.15) is 0 Å². The number of carbonyl (C=O) groups is 2. The Morgan fingerprint density at radius 1 is 1.11 bits per heavy atom. The number of carbonyl (C=O) groups excluding carboxylic acids is 2. The largest absolute Gasteiger partial charge is 0.364 e. The fraction of sp³-hybridized carbons (Fsp3) is 0.375. The van der Waals surface area contributed by atoms with Crippen LogP contribution in [0.15, 0.2) is 46.3 Å². The van der Waals surface area contributed by atoms with Crippen LogP contribution in [0.25, 0.3) is 10.8 Å². The van der Waals surface area contributed by atoms with Crippen molar-refractivity contribution in [1.29, 1.82) is 0 Å². The molecule has 1 aliphatic rings. The molecule has 11 heteroatoms. The number of nitrogens with two attached hydrogens (primary N) is 1. The molecule has 186 valence electrons. The molecular formula is C24H28ClN4O4S2+. The molecule has 1 fully saturated rings. The Balaban J connectivity index is 1.67. The Morgan fingerprint density at radius 3 is 2.43 bits per heavy atom. The summed E-state index contributed by atoms with van der Waals surface area (Å²) in [5.74, 6) is -1.18. The lowest BCUT2D eigenvalue weighted by molar-refractivity contribution is -0.130. The zero-order chi connectivity index (χ0) is 25.4. The highest BCUT2D eigenvalue weighted by Crippen LogP contribution is 2.36. The molecule has 1 aromatic heterocycles. The van der Waals surface area contributed by atoms with Crippen LogP contribution in [0.2, 0.25) is 5.02 Å². The Labute approximate surface area is 213 Å². The molecule has 35 heavy (non-hydrogen) atoms. The number of amides is 2. The number of halogens is 1. The van der Waals surface area contributed by atoms with Crippen molar-refractivity contribution in [2.75, 3.05) is 25.9 Å². The van der Waals surface area contributed by atoms with Gasteiger partial charge in [-0.3, -0.25) is 9.79 Å². The maximum absolute atomic E-state index is 13.7. The summed E-state index contributed by atoms with van der Waals surface area (Å²) in [5.41, 5.74) is 5.95. The van der Waals surface area contributed by atoms with E-state index in [2.05, 4.69) is 4.99 Å². The van der Waals surface area contributed by atoms with Crippen molar-refractivity contribution in [3.63, 3.8) is 0 Å². The van der Waals surface area contributed by atoms with Crippen molar-refractivity contribution >= 4 is 60.4 Å². The minimum atomic E-state index is -3.71. The number of hydrogen-bond donors (Lipinski definition) is 1. The number of benzene rings is 2. The molecule has 2 aromatic carbocycles. The van der Waals surface area contributed by atoms with Gasteiger partial charge in [0, 0.05) is 19.1 Å². The van der Waals surface area contributed by atoms with Gasteiger partial charge in [-0.2, -0.15) is 0 Å². The van der Waals surface area contributed by atoms with E-state index >= 15 is 0 Å². The number of hydrogen-bond acceptors (Lipinski definition) is 6. The third-order valence-corrected chi connectivity index (χ3v) is 9.92. The number of fused-ring (bicyclic) bond motifs is 1. The number of rotatable bonds is 6. The summed E-state index contributed by atoms with van der Waals surface area (Å²) >= 11 is 7.30. The molecule has 3 aromatic rings. The van der Waals surface area contributed by atoms with Gasteiger partial charge in [0.25, 0.3) is 5.91 Å². The topological polar surface area (TPSA) is 112 Å². The third-order valence-electron chi connectivity index (χ3n) is 6.60. The van der Waals surface area contributed by atoms with Crippen LogP contribution in [0.4, 0.5) is 5.00 Å². The van der Waals surface area contributed by atoms with Gasteiger partial charge in [0.15, 0.2) is 20.3 Å². The minimum Gasteiger partial charge on any atom is -0.364 e. The van der Waals surface area contributed by atoms with Crippen molar-refractivity contribution in [1.82, 2.24) is 9.05 Å². The molecule has 4 rings (SSSR count). The average molecular weight is 536 g/mol. The normalized spacial score (nSPS) is 16.5. The van der Waals surface area contributed by atoms with Gasteiger partial charge in [-0.05, 0) is 65.6 Å². The summed E-state index contributed by atoms with van der Waals surface area (Å²) in [5, 5.41) is 2.72. The SMILES string of the molecule is C/N=c1\sc([N+]2(C(=O)CCS(=O)(=O)c3ccc4cc(Cl)ccc4c3)CCCCC2)c(C(N)=O)n1C. The van der Waals surface area contributed by atoms with Crippen LogP contribution in [0.5, 0.6) is 0 Å². The molecule has 0 bridgehead atoms.